The maximum atomic E-state index is 13.3. The molecule has 3 aromatic rings. The molecule has 4 nitrogen and oxygen atoms in total. The normalized spacial score (nSPS) is 11.8. The molecule has 0 saturated heterocycles. The number of rotatable bonds is 10. The summed E-state index contributed by atoms with van der Waals surface area (Å²) in [6, 6.07) is 21.8. The zero-order valence-electron chi connectivity index (χ0n) is 18.8. The molecule has 32 heavy (non-hydrogen) atoms. The number of benzene rings is 3. The number of hydrogen-bond acceptors (Lipinski definition) is 2. The van der Waals surface area contributed by atoms with Crippen molar-refractivity contribution in [2.24, 2.45) is 0 Å². The van der Waals surface area contributed by atoms with Crippen molar-refractivity contribution in [1.29, 1.82) is 0 Å². The number of carbonyl (C=O) groups excluding carboxylic acids is 2. The first-order valence-electron chi connectivity index (χ1n) is 11.3. The predicted molar refractivity (Wildman–Crippen MR) is 134 cm³/mol. The van der Waals surface area contributed by atoms with Gasteiger partial charge in [0.1, 0.15) is 6.04 Å². The van der Waals surface area contributed by atoms with Gasteiger partial charge in [-0.25, -0.2) is 0 Å². The topological polar surface area (TPSA) is 49.4 Å². The second-order valence-electron chi connectivity index (χ2n) is 8.11. The fourth-order valence-electron chi connectivity index (χ4n) is 3.80. The van der Waals surface area contributed by atoms with Gasteiger partial charge in [-0.3, -0.25) is 9.59 Å². The molecule has 0 spiro atoms. The molecule has 1 atom stereocenters. The van der Waals surface area contributed by atoms with E-state index in [9.17, 15) is 9.59 Å². The highest BCUT2D eigenvalue weighted by Crippen LogP contribution is 2.21. The van der Waals surface area contributed by atoms with E-state index >= 15 is 0 Å². The van der Waals surface area contributed by atoms with Crippen molar-refractivity contribution < 1.29 is 9.59 Å². The van der Waals surface area contributed by atoms with Crippen molar-refractivity contribution in [3.8, 4) is 0 Å². The van der Waals surface area contributed by atoms with Gasteiger partial charge >= 0.3 is 0 Å². The van der Waals surface area contributed by atoms with E-state index in [4.69, 9.17) is 0 Å². The third-order valence-electron chi connectivity index (χ3n) is 5.75. The molecule has 0 radical (unpaired) electrons. The van der Waals surface area contributed by atoms with Gasteiger partial charge in [0, 0.05) is 24.0 Å². The average Bonchev–Trinajstić information content (AvgIpc) is 2.81. The van der Waals surface area contributed by atoms with Crippen LogP contribution in [0.15, 0.2) is 71.2 Å². The minimum absolute atomic E-state index is 0.0148. The van der Waals surface area contributed by atoms with Crippen LogP contribution in [0, 0.1) is 0 Å². The molecule has 0 aliphatic rings. The summed E-state index contributed by atoms with van der Waals surface area (Å²) in [5.74, 6) is -0.118. The summed E-state index contributed by atoms with van der Waals surface area (Å²) in [7, 11) is 0. The summed E-state index contributed by atoms with van der Waals surface area (Å²) in [5, 5.41) is 5.32. The maximum Gasteiger partial charge on any atom is 0.242 e. The zero-order valence-corrected chi connectivity index (χ0v) is 20.4. The highest BCUT2D eigenvalue weighted by atomic mass is 79.9. The van der Waals surface area contributed by atoms with Gasteiger partial charge in [-0.15, -0.1) is 0 Å². The van der Waals surface area contributed by atoms with Gasteiger partial charge in [-0.2, -0.15) is 0 Å². The Balaban J connectivity index is 1.75. The van der Waals surface area contributed by atoms with Gasteiger partial charge in [-0.1, -0.05) is 83.9 Å². The number of unbranched alkanes of at least 4 members (excludes halogenated alkanes) is 1. The molecule has 5 heteroatoms. The highest BCUT2D eigenvalue weighted by molar-refractivity contribution is 9.10. The second kappa shape index (κ2) is 11.8. The van der Waals surface area contributed by atoms with Crippen LogP contribution in [0.2, 0.25) is 0 Å². The van der Waals surface area contributed by atoms with Gasteiger partial charge in [-0.05, 0) is 53.8 Å². The van der Waals surface area contributed by atoms with Gasteiger partial charge in [0.15, 0.2) is 0 Å². The van der Waals surface area contributed by atoms with Crippen LogP contribution in [0.5, 0.6) is 0 Å². The van der Waals surface area contributed by atoms with Gasteiger partial charge in [0.25, 0.3) is 0 Å². The van der Waals surface area contributed by atoms with Crippen LogP contribution in [0.25, 0.3) is 10.8 Å². The number of hydrogen-bond donors (Lipinski definition) is 1. The molecule has 3 aromatic carbocycles. The molecule has 0 saturated carbocycles. The predicted octanol–water partition coefficient (Wildman–Crippen LogP) is 5.87. The van der Waals surface area contributed by atoms with Crippen LogP contribution in [-0.4, -0.2) is 29.3 Å². The Morgan fingerprint density at radius 2 is 1.72 bits per heavy atom. The van der Waals surface area contributed by atoms with Crippen molar-refractivity contribution in [2.45, 2.75) is 52.1 Å². The van der Waals surface area contributed by atoms with Crippen LogP contribution in [-0.2, 0) is 22.6 Å². The first kappa shape index (κ1) is 24.0. The van der Waals surface area contributed by atoms with Gasteiger partial charge < -0.3 is 10.2 Å². The van der Waals surface area contributed by atoms with Gasteiger partial charge in [0.2, 0.25) is 11.8 Å². The molecule has 3 rings (SSSR count). The van der Waals surface area contributed by atoms with Crippen LogP contribution >= 0.6 is 15.9 Å². The second-order valence-corrected chi connectivity index (χ2v) is 9.02. The minimum Gasteiger partial charge on any atom is -0.354 e. The lowest BCUT2D eigenvalue weighted by Gasteiger charge is -2.29. The third-order valence-corrected chi connectivity index (χ3v) is 6.28. The third kappa shape index (κ3) is 6.42. The summed E-state index contributed by atoms with van der Waals surface area (Å²) < 4.78 is 0.987. The van der Waals surface area contributed by atoms with E-state index in [0.717, 1.165) is 28.4 Å². The zero-order chi connectivity index (χ0) is 22.9. The molecule has 0 fully saturated rings. The van der Waals surface area contributed by atoms with Crippen molar-refractivity contribution in [2.75, 3.05) is 6.54 Å². The van der Waals surface area contributed by atoms with E-state index in [1.165, 1.54) is 10.8 Å². The Morgan fingerprint density at radius 1 is 1.00 bits per heavy atom. The van der Waals surface area contributed by atoms with E-state index in [1.54, 1.807) is 4.90 Å². The summed E-state index contributed by atoms with van der Waals surface area (Å²) in [4.78, 5) is 27.8. The molecule has 0 bridgehead atoms. The Hall–Kier alpha value is -2.66. The minimum atomic E-state index is -0.532. The Bertz CT molecular complexity index is 1040. The lowest BCUT2D eigenvalue weighted by molar-refractivity contribution is -0.140. The van der Waals surface area contributed by atoms with Crippen LogP contribution in [0.1, 0.15) is 44.2 Å². The van der Waals surface area contributed by atoms with Crippen molar-refractivity contribution >= 4 is 38.5 Å². The summed E-state index contributed by atoms with van der Waals surface area (Å²) in [5.41, 5.74) is 2.15. The number of halogens is 1. The molecule has 0 unspecified atom stereocenters. The first-order chi connectivity index (χ1) is 15.5. The molecule has 2 amide bonds. The van der Waals surface area contributed by atoms with Gasteiger partial charge in [0.05, 0.1) is 0 Å². The lowest BCUT2D eigenvalue weighted by Crippen LogP contribution is -2.47. The van der Waals surface area contributed by atoms with E-state index in [1.807, 2.05) is 49.4 Å². The van der Waals surface area contributed by atoms with E-state index < -0.39 is 6.04 Å². The Kier molecular flexibility index (Phi) is 8.86. The maximum absolute atomic E-state index is 13.3. The summed E-state index contributed by atoms with van der Waals surface area (Å²) >= 11 is 3.45. The monoisotopic (exact) mass is 494 g/mol. The molecule has 1 N–H and O–H groups in total. The number of nitrogens with zero attached hydrogens (tertiary/aromatic N) is 1. The van der Waals surface area contributed by atoms with Crippen molar-refractivity contribution in [3.63, 3.8) is 0 Å². The number of amides is 2. The number of carbonyl (C=O) groups is 2. The van der Waals surface area contributed by atoms with E-state index in [2.05, 4.69) is 52.4 Å². The fraction of sp³-hybridized carbons (Fsp3) is 0.333. The first-order valence-corrected chi connectivity index (χ1v) is 12.1. The SMILES string of the molecule is CCCCNC(=O)[C@H](C)N(Cc1ccc(Br)cc1)C(=O)CCc1cccc2ccccc12. The molecular formula is C27H31BrN2O2. The van der Waals surface area contributed by atoms with Crippen LogP contribution in [0.4, 0.5) is 0 Å². The van der Waals surface area contributed by atoms with E-state index in [0.29, 0.717) is 25.9 Å². The quantitative estimate of drug-likeness (QED) is 0.358. The van der Waals surface area contributed by atoms with Crippen molar-refractivity contribution in [1.82, 2.24) is 10.2 Å². The molecule has 168 valence electrons. The standard InChI is InChI=1S/C27H31BrN2O2/c1-3-4-18-29-27(32)20(2)30(19-21-12-15-24(28)16-13-21)26(31)17-14-23-10-7-9-22-8-5-6-11-25(22)23/h5-13,15-16,20H,3-4,14,17-19H2,1-2H3,(H,29,32)/t20-/m0/s1. The average molecular weight is 495 g/mol. The molecule has 0 aromatic heterocycles. The van der Waals surface area contributed by atoms with Crippen LogP contribution in [0.3, 0.4) is 0 Å². The fourth-order valence-corrected chi connectivity index (χ4v) is 4.07. The molecule has 0 aliphatic heterocycles. The molecule has 0 heterocycles. The molecule has 0 aliphatic carbocycles. The lowest BCUT2D eigenvalue weighted by atomic mass is 10.0. The Morgan fingerprint density at radius 3 is 2.47 bits per heavy atom. The largest absolute Gasteiger partial charge is 0.354 e. The number of aryl methyl sites for hydroxylation is 1. The summed E-state index contributed by atoms with van der Waals surface area (Å²) in [6.45, 7) is 4.95. The highest BCUT2D eigenvalue weighted by Gasteiger charge is 2.25. The smallest absolute Gasteiger partial charge is 0.242 e. The summed E-state index contributed by atoms with van der Waals surface area (Å²) in [6.07, 6.45) is 2.94. The molecular weight excluding hydrogens is 464 g/mol. The van der Waals surface area contributed by atoms with Crippen LogP contribution < -0.4 is 5.32 Å². The van der Waals surface area contributed by atoms with E-state index in [-0.39, 0.29) is 11.8 Å². The Labute approximate surface area is 199 Å². The van der Waals surface area contributed by atoms with Crippen molar-refractivity contribution in [3.05, 3.63) is 82.3 Å². The number of fused-ring (bicyclic) bond motifs is 1. The number of nitrogens with one attached hydrogen (secondary N) is 1.